The van der Waals surface area contributed by atoms with Gasteiger partial charge in [-0.25, -0.2) is 9.07 Å². The van der Waals surface area contributed by atoms with Gasteiger partial charge in [-0.15, -0.1) is 0 Å². The van der Waals surface area contributed by atoms with E-state index in [1.54, 1.807) is 6.07 Å². The van der Waals surface area contributed by atoms with Gasteiger partial charge in [-0.3, -0.25) is 10.1 Å². The number of hydrogen-bond acceptors (Lipinski definition) is 3. The number of amides is 1. The van der Waals surface area contributed by atoms with E-state index >= 15 is 0 Å². The second-order valence-corrected chi connectivity index (χ2v) is 4.34. The molecule has 0 saturated carbocycles. The molecule has 2 aromatic rings. The predicted molar refractivity (Wildman–Crippen MR) is 62.8 cm³/mol. The number of anilines is 1. The molecule has 5 nitrogen and oxygen atoms in total. The third-order valence-electron chi connectivity index (χ3n) is 2.83. The molecule has 7 heteroatoms. The summed E-state index contributed by atoms with van der Waals surface area (Å²) in [6, 6.07) is 3.85. The lowest BCUT2D eigenvalue weighted by Crippen LogP contribution is -2.30. The number of rotatable bonds is 1. The minimum absolute atomic E-state index is 0.0804. The van der Waals surface area contributed by atoms with Gasteiger partial charge < -0.3 is 0 Å². The van der Waals surface area contributed by atoms with Crippen molar-refractivity contribution in [3.05, 3.63) is 40.9 Å². The normalized spacial score (nSPS) is 18.3. The van der Waals surface area contributed by atoms with Gasteiger partial charge >= 0.3 is 0 Å². The number of benzene rings is 1. The number of nitrogens with one attached hydrogen (secondary N) is 1. The van der Waals surface area contributed by atoms with Crippen molar-refractivity contribution in [3.8, 4) is 0 Å². The van der Waals surface area contributed by atoms with Crippen LogP contribution in [0.4, 0.5) is 10.3 Å². The molecule has 0 radical (unpaired) electrons. The largest absolute Gasteiger partial charge is 0.295 e. The first-order valence-corrected chi connectivity index (χ1v) is 5.68. The molecule has 0 fully saturated rings. The molecule has 1 atom stereocenters. The number of aromatic nitrogens is 3. The van der Waals surface area contributed by atoms with Crippen LogP contribution in [0.25, 0.3) is 0 Å². The molecule has 1 aromatic heterocycles. The van der Waals surface area contributed by atoms with Crippen molar-refractivity contribution in [1.82, 2.24) is 14.8 Å². The first-order valence-electron chi connectivity index (χ1n) is 5.30. The number of carbonyl (C=O) groups excluding carboxylic acids is 1. The van der Waals surface area contributed by atoms with E-state index in [0.29, 0.717) is 5.95 Å². The van der Waals surface area contributed by atoms with Gasteiger partial charge in [0, 0.05) is 10.6 Å². The van der Waals surface area contributed by atoms with E-state index in [1.165, 1.54) is 23.1 Å². The van der Waals surface area contributed by atoms with Gasteiger partial charge in [0.05, 0.1) is 12.5 Å². The fraction of sp³-hybridized carbons (Fsp3) is 0.182. The molecule has 3 rings (SSSR count). The van der Waals surface area contributed by atoms with Crippen LogP contribution in [-0.2, 0) is 4.79 Å². The Balaban J connectivity index is 2.16. The zero-order valence-corrected chi connectivity index (χ0v) is 9.86. The minimum Gasteiger partial charge on any atom is -0.295 e. The Kier molecular flexibility index (Phi) is 2.52. The molecular weight excluding hydrogens is 259 g/mol. The SMILES string of the molecule is O=C1C[C@H](c2c(F)cccc2Cl)n2ncnc2N1. The van der Waals surface area contributed by atoms with Gasteiger partial charge in [-0.2, -0.15) is 10.1 Å². The average molecular weight is 267 g/mol. The van der Waals surface area contributed by atoms with Gasteiger partial charge in [0.25, 0.3) is 0 Å². The quantitative estimate of drug-likeness (QED) is 0.859. The smallest absolute Gasteiger partial charge is 0.229 e. The molecule has 0 unspecified atom stereocenters. The first-order chi connectivity index (χ1) is 8.66. The van der Waals surface area contributed by atoms with Crippen LogP contribution >= 0.6 is 11.6 Å². The van der Waals surface area contributed by atoms with E-state index in [1.807, 2.05) is 0 Å². The van der Waals surface area contributed by atoms with Crippen molar-refractivity contribution in [3.63, 3.8) is 0 Å². The third kappa shape index (κ3) is 1.65. The lowest BCUT2D eigenvalue weighted by molar-refractivity contribution is -0.117. The molecule has 0 saturated heterocycles. The Morgan fingerprint density at radius 1 is 1.50 bits per heavy atom. The van der Waals surface area contributed by atoms with Crippen LogP contribution in [0.2, 0.25) is 5.02 Å². The lowest BCUT2D eigenvalue weighted by Gasteiger charge is -2.24. The van der Waals surface area contributed by atoms with Crippen LogP contribution in [0, 0.1) is 5.82 Å². The van der Waals surface area contributed by atoms with Gasteiger partial charge in [0.15, 0.2) is 0 Å². The summed E-state index contributed by atoms with van der Waals surface area (Å²) < 4.78 is 15.3. The summed E-state index contributed by atoms with van der Waals surface area (Å²) >= 11 is 6.01. The Bertz CT molecular complexity index is 607. The van der Waals surface area contributed by atoms with Crippen LogP contribution in [0.15, 0.2) is 24.5 Å². The zero-order valence-electron chi connectivity index (χ0n) is 9.10. The van der Waals surface area contributed by atoms with Crippen molar-refractivity contribution in [2.45, 2.75) is 12.5 Å². The molecule has 2 heterocycles. The van der Waals surface area contributed by atoms with E-state index in [0.717, 1.165) is 0 Å². The Morgan fingerprint density at radius 2 is 2.33 bits per heavy atom. The van der Waals surface area contributed by atoms with Crippen molar-refractivity contribution < 1.29 is 9.18 Å². The van der Waals surface area contributed by atoms with Crippen LogP contribution in [0.1, 0.15) is 18.0 Å². The number of carbonyl (C=O) groups is 1. The lowest BCUT2D eigenvalue weighted by atomic mass is 10.0. The summed E-state index contributed by atoms with van der Waals surface area (Å²) in [4.78, 5) is 15.5. The number of fused-ring (bicyclic) bond motifs is 1. The highest BCUT2D eigenvalue weighted by molar-refractivity contribution is 6.31. The van der Waals surface area contributed by atoms with Gasteiger partial charge in [0.1, 0.15) is 12.1 Å². The fourth-order valence-corrected chi connectivity index (χ4v) is 2.35. The minimum atomic E-state index is -0.565. The molecule has 1 aliphatic rings. The standard InChI is InChI=1S/C11H8ClFN4O/c12-6-2-1-3-7(13)10(6)8-4-9(18)16-11-14-5-15-17(8)11/h1-3,5,8H,4H2,(H,14,15,16,18)/t8-/m1/s1. The predicted octanol–water partition coefficient (Wildman–Crippen LogP) is 2.00. The van der Waals surface area contributed by atoms with Gasteiger partial charge in [-0.1, -0.05) is 17.7 Å². The van der Waals surface area contributed by atoms with E-state index in [-0.39, 0.29) is 22.9 Å². The summed E-state index contributed by atoms with van der Waals surface area (Å²) in [7, 11) is 0. The number of nitrogens with zero attached hydrogens (tertiary/aromatic N) is 3. The highest BCUT2D eigenvalue weighted by Gasteiger charge is 2.30. The second kappa shape index (κ2) is 4.06. The average Bonchev–Trinajstić information content (AvgIpc) is 2.76. The maximum Gasteiger partial charge on any atom is 0.229 e. The molecule has 1 amide bonds. The van der Waals surface area contributed by atoms with E-state index in [4.69, 9.17) is 11.6 Å². The van der Waals surface area contributed by atoms with Crippen molar-refractivity contribution >= 4 is 23.5 Å². The van der Waals surface area contributed by atoms with E-state index in [2.05, 4.69) is 15.4 Å². The van der Waals surface area contributed by atoms with Crippen molar-refractivity contribution in [1.29, 1.82) is 0 Å². The van der Waals surface area contributed by atoms with Crippen molar-refractivity contribution in [2.24, 2.45) is 0 Å². The zero-order chi connectivity index (χ0) is 12.7. The molecule has 18 heavy (non-hydrogen) atoms. The molecule has 0 spiro atoms. The third-order valence-corrected chi connectivity index (χ3v) is 3.16. The summed E-state index contributed by atoms with van der Waals surface area (Å²) in [5.41, 5.74) is 0.265. The summed E-state index contributed by atoms with van der Waals surface area (Å²) in [5.74, 6) is -0.390. The molecule has 0 aliphatic carbocycles. The Morgan fingerprint density at radius 3 is 3.11 bits per heavy atom. The van der Waals surface area contributed by atoms with Crippen molar-refractivity contribution in [2.75, 3.05) is 5.32 Å². The van der Waals surface area contributed by atoms with E-state index in [9.17, 15) is 9.18 Å². The maximum absolute atomic E-state index is 13.9. The number of halogens is 2. The molecule has 1 aliphatic heterocycles. The molecule has 1 aromatic carbocycles. The topological polar surface area (TPSA) is 59.8 Å². The first kappa shape index (κ1) is 11.2. The van der Waals surface area contributed by atoms with Crippen LogP contribution in [-0.4, -0.2) is 20.7 Å². The number of hydrogen-bond donors (Lipinski definition) is 1. The molecule has 92 valence electrons. The van der Waals surface area contributed by atoms with Gasteiger partial charge in [-0.05, 0) is 12.1 Å². The second-order valence-electron chi connectivity index (χ2n) is 3.93. The molecule has 0 bridgehead atoms. The highest BCUT2D eigenvalue weighted by atomic mass is 35.5. The summed E-state index contributed by atoms with van der Waals surface area (Å²) in [6.45, 7) is 0. The van der Waals surface area contributed by atoms with Gasteiger partial charge in [0.2, 0.25) is 11.9 Å². The fourth-order valence-electron chi connectivity index (χ4n) is 2.06. The monoisotopic (exact) mass is 266 g/mol. The Labute approximate surface area is 107 Å². The van der Waals surface area contributed by atoms with E-state index < -0.39 is 11.9 Å². The molecule has 1 N–H and O–H groups in total. The summed E-state index contributed by atoms with van der Waals surface area (Å²) in [6.07, 6.45) is 1.39. The summed E-state index contributed by atoms with van der Waals surface area (Å²) in [5, 5.41) is 6.83. The van der Waals surface area contributed by atoms with Crippen LogP contribution in [0.5, 0.6) is 0 Å². The maximum atomic E-state index is 13.9. The Hall–Kier alpha value is -1.95. The highest BCUT2D eigenvalue weighted by Crippen LogP contribution is 2.34. The van der Waals surface area contributed by atoms with Crippen LogP contribution in [0.3, 0.4) is 0 Å². The molecular formula is C11H8ClFN4O. The van der Waals surface area contributed by atoms with Crippen LogP contribution < -0.4 is 5.32 Å².